The third-order valence-electron chi connectivity index (χ3n) is 4.74. The van der Waals surface area contributed by atoms with Crippen molar-refractivity contribution in [2.45, 2.75) is 19.4 Å². The number of nitrogens with zero attached hydrogens (tertiary/aromatic N) is 2. The van der Waals surface area contributed by atoms with Gasteiger partial charge in [-0.3, -0.25) is 9.79 Å². The topological polar surface area (TPSA) is 90.7 Å². The number of carbonyl (C=O) groups is 1. The van der Waals surface area contributed by atoms with E-state index in [0.717, 1.165) is 27.9 Å². The fourth-order valence-electron chi connectivity index (χ4n) is 3.46. The zero-order valence-electron chi connectivity index (χ0n) is 15.4. The Morgan fingerprint density at radius 1 is 1.21 bits per heavy atom. The van der Waals surface area contributed by atoms with Gasteiger partial charge in [0, 0.05) is 16.1 Å². The molecule has 1 aliphatic rings. The van der Waals surface area contributed by atoms with Gasteiger partial charge < -0.3 is 15.0 Å². The molecule has 2 aromatic carbocycles. The first-order valence-electron chi connectivity index (χ1n) is 8.75. The van der Waals surface area contributed by atoms with E-state index in [1.54, 1.807) is 19.2 Å². The molecule has 142 valence electrons. The number of aromatic nitrogens is 1. The van der Waals surface area contributed by atoms with E-state index in [-0.39, 0.29) is 6.42 Å². The molecule has 0 saturated carbocycles. The molecule has 1 amide bonds. The Bertz CT molecular complexity index is 1090. The van der Waals surface area contributed by atoms with Gasteiger partial charge in [0.15, 0.2) is 5.76 Å². The normalized spacial score (nSPS) is 15.2. The van der Waals surface area contributed by atoms with Crippen LogP contribution in [0.3, 0.4) is 0 Å². The van der Waals surface area contributed by atoms with Crippen LogP contribution < -0.4 is 10.5 Å². The number of rotatable bonds is 4. The summed E-state index contributed by atoms with van der Waals surface area (Å²) in [6.07, 6.45) is 0.0177. The first-order valence-corrected chi connectivity index (χ1v) is 9.12. The third-order valence-corrected chi connectivity index (χ3v) is 4.99. The standard InChI is InChI=1S/C21H18ClN3O3/c1-11-19-15-8-7-14(27-2)9-16(15)20(12-3-5-13(22)6-4-12)24-17(10-18(23)26)21(19)28-25-11/h3-9,17H,10H2,1-2H3,(H2,23,26). The molecule has 1 unspecified atom stereocenters. The van der Waals surface area contributed by atoms with Gasteiger partial charge in [-0.15, -0.1) is 0 Å². The summed E-state index contributed by atoms with van der Waals surface area (Å²) in [6, 6.07) is 12.6. The highest BCUT2D eigenvalue weighted by atomic mass is 35.5. The minimum Gasteiger partial charge on any atom is -0.497 e. The monoisotopic (exact) mass is 395 g/mol. The molecular formula is C21H18ClN3O3. The zero-order chi connectivity index (χ0) is 19.8. The molecule has 0 radical (unpaired) electrons. The van der Waals surface area contributed by atoms with Crippen molar-refractivity contribution in [1.82, 2.24) is 5.16 Å². The molecule has 1 aromatic heterocycles. The lowest BCUT2D eigenvalue weighted by atomic mass is 9.92. The quantitative estimate of drug-likeness (QED) is 0.720. The van der Waals surface area contributed by atoms with E-state index in [4.69, 9.17) is 31.6 Å². The molecule has 6 nitrogen and oxygen atoms in total. The molecule has 28 heavy (non-hydrogen) atoms. The molecule has 3 aromatic rings. The molecule has 1 aliphatic heterocycles. The molecule has 0 aliphatic carbocycles. The van der Waals surface area contributed by atoms with E-state index in [1.807, 2.05) is 37.3 Å². The number of aryl methyl sites for hydroxylation is 1. The summed E-state index contributed by atoms with van der Waals surface area (Å²) in [5.74, 6) is 0.767. The van der Waals surface area contributed by atoms with E-state index in [9.17, 15) is 4.79 Å². The van der Waals surface area contributed by atoms with Crippen molar-refractivity contribution in [3.8, 4) is 16.9 Å². The van der Waals surface area contributed by atoms with E-state index >= 15 is 0 Å². The van der Waals surface area contributed by atoms with Crippen molar-refractivity contribution in [1.29, 1.82) is 0 Å². The molecule has 0 saturated heterocycles. The van der Waals surface area contributed by atoms with Crippen molar-refractivity contribution in [3.63, 3.8) is 0 Å². The molecule has 4 rings (SSSR count). The van der Waals surface area contributed by atoms with Crippen molar-refractivity contribution in [2.24, 2.45) is 10.7 Å². The Balaban J connectivity index is 2.02. The second kappa shape index (κ2) is 7.13. The number of aliphatic imine (C=N–C) groups is 1. The maximum absolute atomic E-state index is 11.7. The number of amides is 1. The van der Waals surface area contributed by atoms with Gasteiger partial charge in [-0.05, 0) is 42.8 Å². The van der Waals surface area contributed by atoms with Gasteiger partial charge in [-0.25, -0.2) is 0 Å². The van der Waals surface area contributed by atoms with Crippen molar-refractivity contribution < 1.29 is 14.1 Å². The average Bonchev–Trinajstić information content (AvgIpc) is 3.00. The van der Waals surface area contributed by atoms with Gasteiger partial charge in [0.05, 0.1) is 30.5 Å². The van der Waals surface area contributed by atoms with Crippen molar-refractivity contribution in [2.75, 3.05) is 7.11 Å². The number of methoxy groups -OCH3 is 1. The summed E-state index contributed by atoms with van der Waals surface area (Å²) in [6.45, 7) is 1.87. The SMILES string of the molecule is COc1ccc2c(c1)C(c1ccc(Cl)cc1)=NC(CC(N)=O)c1onc(C)c1-2. The molecule has 2 N–H and O–H groups in total. The van der Waals surface area contributed by atoms with Crippen LogP contribution in [0.4, 0.5) is 0 Å². The highest BCUT2D eigenvalue weighted by Gasteiger charge is 2.31. The number of benzene rings is 2. The van der Waals surface area contributed by atoms with Crippen LogP contribution in [0.15, 0.2) is 52.0 Å². The largest absolute Gasteiger partial charge is 0.497 e. The van der Waals surface area contributed by atoms with Gasteiger partial charge in [-0.1, -0.05) is 28.9 Å². The first kappa shape index (κ1) is 18.3. The van der Waals surface area contributed by atoms with Crippen molar-refractivity contribution >= 4 is 23.2 Å². The first-order chi connectivity index (χ1) is 13.5. The summed E-state index contributed by atoms with van der Waals surface area (Å²) in [4.78, 5) is 16.6. The number of hydrogen-bond donors (Lipinski definition) is 1. The van der Waals surface area contributed by atoms with Crippen LogP contribution in [0.25, 0.3) is 11.1 Å². The van der Waals surface area contributed by atoms with E-state index in [0.29, 0.717) is 22.2 Å². The smallest absolute Gasteiger partial charge is 0.220 e. The molecule has 0 spiro atoms. The average molecular weight is 396 g/mol. The van der Waals surface area contributed by atoms with Gasteiger partial charge in [0.25, 0.3) is 0 Å². The third kappa shape index (κ3) is 3.16. The Morgan fingerprint density at radius 2 is 1.96 bits per heavy atom. The minimum absolute atomic E-state index is 0.0177. The van der Waals surface area contributed by atoms with Gasteiger partial charge in [-0.2, -0.15) is 0 Å². The second-order valence-electron chi connectivity index (χ2n) is 6.59. The van der Waals surface area contributed by atoms with Gasteiger partial charge in [0.1, 0.15) is 11.8 Å². The number of ether oxygens (including phenoxy) is 1. The fourth-order valence-corrected chi connectivity index (χ4v) is 3.58. The summed E-state index contributed by atoms with van der Waals surface area (Å²) < 4.78 is 11.0. The fraction of sp³-hybridized carbons (Fsp3) is 0.190. The van der Waals surface area contributed by atoms with Crippen LogP contribution in [0, 0.1) is 6.92 Å². The predicted octanol–water partition coefficient (Wildman–Crippen LogP) is 4.08. The van der Waals surface area contributed by atoms with Crippen LogP contribution in [0.5, 0.6) is 5.75 Å². The zero-order valence-corrected chi connectivity index (χ0v) is 16.2. The lowest BCUT2D eigenvalue weighted by Gasteiger charge is -2.13. The van der Waals surface area contributed by atoms with Crippen LogP contribution in [-0.2, 0) is 4.79 Å². The van der Waals surface area contributed by atoms with E-state index < -0.39 is 11.9 Å². The van der Waals surface area contributed by atoms with Crippen LogP contribution in [0.1, 0.15) is 35.0 Å². The molecule has 0 fully saturated rings. The molecular weight excluding hydrogens is 378 g/mol. The predicted molar refractivity (Wildman–Crippen MR) is 107 cm³/mol. The highest BCUT2D eigenvalue weighted by Crippen LogP contribution is 2.41. The van der Waals surface area contributed by atoms with E-state index in [1.165, 1.54) is 0 Å². The molecule has 2 heterocycles. The lowest BCUT2D eigenvalue weighted by Crippen LogP contribution is -2.15. The number of primary amides is 1. The van der Waals surface area contributed by atoms with Crippen molar-refractivity contribution in [3.05, 3.63) is 70.1 Å². The molecule has 7 heteroatoms. The summed E-state index contributed by atoms with van der Waals surface area (Å²) in [7, 11) is 1.61. The number of fused-ring (bicyclic) bond motifs is 3. The summed E-state index contributed by atoms with van der Waals surface area (Å²) >= 11 is 6.06. The number of carbonyl (C=O) groups excluding carboxylic acids is 1. The van der Waals surface area contributed by atoms with E-state index in [2.05, 4.69) is 5.16 Å². The molecule has 0 bridgehead atoms. The maximum Gasteiger partial charge on any atom is 0.220 e. The maximum atomic E-state index is 11.7. The summed E-state index contributed by atoms with van der Waals surface area (Å²) in [5, 5.41) is 4.73. The Morgan fingerprint density at radius 3 is 2.64 bits per heavy atom. The number of hydrogen-bond acceptors (Lipinski definition) is 5. The Kier molecular flexibility index (Phi) is 4.65. The van der Waals surface area contributed by atoms with Crippen LogP contribution in [0.2, 0.25) is 5.02 Å². The van der Waals surface area contributed by atoms with Crippen LogP contribution in [-0.4, -0.2) is 23.9 Å². The van der Waals surface area contributed by atoms with Gasteiger partial charge >= 0.3 is 0 Å². The minimum atomic E-state index is -0.572. The summed E-state index contributed by atoms with van der Waals surface area (Å²) in [5.41, 5.74) is 10.4. The number of nitrogens with two attached hydrogens (primary N) is 1. The second-order valence-corrected chi connectivity index (χ2v) is 7.03. The lowest BCUT2D eigenvalue weighted by molar-refractivity contribution is -0.118. The number of halogens is 1. The molecule has 1 atom stereocenters. The highest BCUT2D eigenvalue weighted by molar-refractivity contribution is 6.30. The van der Waals surface area contributed by atoms with Gasteiger partial charge in [0.2, 0.25) is 5.91 Å². The Hall–Kier alpha value is -3.12. The van der Waals surface area contributed by atoms with Crippen LogP contribution >= 0.6 is 11.6 Å². The Labute approximate surface area is 167 Å².